The van der Waals surface area contributed by atoms with Gasteiger partial charge in [-0.1, -0.05) is 24.9 Å². The zero-order valence-corrected chi connectivity index (χ0v) is 22.1. The fourth-order valence-corrected chi connectivity index (χ4v) is 4.47. The molecule has 208 valence electrons. The number of ether oxygens (including phenoxy) is 1. The first-order valence-electron chi connectivity index (χ1n) is 12.3. The van der Waals surface area contributed by atoms with Gasteiger partial charge in [0.1, 0.15) is 23.9 Å². The predicted octanol–water partition coefficient (Wildman–Crippen LogP) is 5.28. The van der Waals surface area contributed by atoms with Crippen molar-refractivity contribution in [1.29, 1.82) is 0 Å². The number of carbonyl (C=O) groups excluding carboxylic acids is 2. The predicted molar refractivity (Wildman–Crippen MR) is 136 cm³/mol. The van der Waals surface area contributed by atoms with Gasteiger partial charge < -0.3 is 20.3 Å². The summed E-state index contributed by atoms with van der Waals surface area (Å²) in [4.78, 5) is 31.4. The molecule has 2 N–H and O–H groups in total. The molecule has 1 saturated heterocycles. The van der Waals surface area contributed by atoms with E-state index in [-0.39, 0.29) is 34.3 Å². The first-order valence-corrected chi connectivity index (χ1v) is 12.7. The summed E-state index contributed by atoms with van der Waals surface area (Å²) in [6.07, 6.45) is -0.241. The van der Waals surface area contributed by atoms with Crippen molar-refractivity contribution >= 4 is 29.2 Å². The molecule has 2 unspecified atom stereocenters. The standard InChI is InChI=1S/C26H31ClF4N4O3/c1-4-5-18-12-17(34-24(37)25(2,3)38-19-7-8-21(28)20(27)13-19)10-11-35(18)22-9-6-16(14-32-22)23(36)33-15-26(29,30)31/h6-9,13-14,17-18H,4-5,10-12,15H2,1-3H3,(H,33,36)(H,34,37). The summed E-state index contributed by atoms with van der Waals surface area (Å²) in [6, 6.07) is 6.90. The van der Waals surface area contributed by atoms with Crippen molar-refractivity contribution in [2.45, 2.75) is 70.3 Å². The number of benzene rings is 1. The van der Waals surface area contributed by atoms with E-state index in [2.05, 4.69) is 15.2 Å². The lowest BCUT2D eigenvalue weighted by Gasteiger charge is -2.41. The maximum Gasteiger partial charge on any atom is 0.405 e. The summed E-state index contributed by atoms with van der Waals surface area (Å²) in [6.45, 7) is 4.46. The molecule has 38 heavy (non-hydrogen) atoms. The van der Waals surface area contributed by atoms with E-state index in [1.54, 1.807) is 19.9 Å². The van der Waals surface area contributed by atoms with E-state index in [1.807, 2.05) is 12.2 Å². The normalized spacial score (nSPS) is 18.2. The highest BCUT2D eigenvalue weighted by Crippen LogP contribution is 2.28. The number of nitrogens with zero attached hydrogens (tertiary/aromatic N) is 2. The number of anilines is 1. The Morgan fingerprint density at radius 1 is 1.21 bits per heavy atom. The van der Waals surface area contributed by atoms with Crippen LogP contribution in [0.15, 0.2) is 36.5 Å². The van der Waals surface area contributed by atoms with Crippen molar-refractivity contribution in [3.05, 3.63) is 52.9 Å². The van der Waals surface area contributed by atoms with Crippen molar-refractivity contribution in [2.75, 3.05) is 18.0 Å². The van der Waals surface area contributed by atoms with Crippen LogP contribution in [-0.4, -0.2) is 53.7 Å². The summed E-state index contributed by atoms with van der Waals surface area (Å²) in [5.74, 6) is -0.863. The van der Waals surface area contributed by atoms with Gasteiger partial charge in [0, 0.05) is 30.9 Å². The van der Waals surface area contributed by atoms with Crippen molar-refractivity contribution < 1.29 is 31.9 Å². The van der Waals surface area contributed by atoms with Crippen LogP contribution < -0.4 is 20.3 Å². The minimum Gasteiger partial charge on any atom is -0.478 e. The van der Waals surface area contributed by atoms with Crippen molar-refractivity contribution in [3.63, 3.8) is 0 Å². The fourth-order valence-electron chi connectivity index (χ4n) is 4.30. The van der Waals surface area contributed by atoms with Gasteiger partial charge in [0.25, 0.3) is 11.8 Å². The lowest BCUT2D eigenvalue weighted by Crippen LogP contribution is -2.55. The third kappa shape index (κ3) is 7.96. The molecule has 2 heterocycles. The van der Waals surface area contributed by atoms with Gasteiger partial charge in [0.2, 0.25) is 0 Å². The van der Waals surface area contributed by atoms with Crippen molar-refractivity contribution in [3.8, 4) is 5.75 Å². The molecule has 1 aliphatic rings. The van der Waals surface area contributed by atoms with Crippen LogP contribution >= 0.6 is 11.6 Å². The fraction of sp³-hybridized carbons (Fsp3) is 0.500. The van der Waals surface area contributed by atoms with Gasteiger partial charge in [-0.25, -0.2) is 9.37 Å². The molecule has 1 aromatic carbocycles. The lowest BCUT2D eigenvalue weighted by molar-refractivity contribution is -0.135. The maximum absolute atomic E-state index is 13.4. The number of aromatic nitrogens is 1. The highest BCUT2D eigenvalue weighted by atomic mass is 35.5. The number of amides is 2. The maximum atomic E-state index is 13.4. The third-order valence-electron chi connectivity index (χ3n) is 6.24. The molecule has 0 bridgehead atoms. The Balaban J connectivity index is 1.62. The van der Waals surface area contributed by atoms with Crippen LogP contribution in [-0.2, 0) is 4.79 Å². The number of hydrogen-bond donors (Lipinski definition) is 2. The first kappa shape index (κ1) is 29.5. The largest absolute Gasteiger partial charge is 0.478 e. The molecule has 1 fully saturated rings. The number of alkyl halides is 3. The van der Waals surface area contributed by atoms with E-state index in [0.717, 1.165) is 12.8 Å². The van der Waals surface area contributed by atoms with Crippen LogP contribution in [0.3, 0.4) is 0 Å². The number of rotatable bonds is 9. The first-order chi connectivity index (χ1) is 17.8. The molecule has 0 saturated carbocycles. The number of halogens is 5. The minimum atomic E-state index is -4.49. The summed E-state index contributed by atoms with van der Waals surface area (Å²) in [7, 11) is 0. The van der Waals surface area contributed by atoms with Gasteiger partial charge in [-0.3, -0.25) is 9.59 Å². The number of hydrogen-bond acceptors (Lipinski definition) is 5. The number of pyridine rings is 1. The summed E-state index contributed by atoms with van der Waals surface area (Å²) >= 11 is 5.82. The van der Waals surface area contributed by atoms with Crippen LogP contribution in [0, 0.1) is 5.82 Å². The Morgan fingerprint density at radius 2 is 1.95 bits per heavy atom. The van der Waals surface area contributed by atoms with E-state index in [0.29, 0.717) is 25.2 Å². The zero-order valence-electron chi connectivity index (χ0n) is 21.4. The van der Waals surface area contributed by atoms with Gasteiger partial charge >= 0.3 is 6.18 Å². The molecule has 1 aliphatic heterocycles. The van der Waals surface area contributed by atoms with E-state index in [1.165, 1.54) is 30.5 Å². The molecule has 2 aromatic rings. The summed E-state index contributed by atoms with van der Waals surface area (Å²) < 4.78 is 56.3. The van der Waals surface area contributed by atoms with Crippen molar-refractivity contribution in [2.24, 2.45) is 0 Å². The molecule has 0 spiro atoms. The second kappa shape index (κ2) is 12.2. The number of piperidine rings is 1. The Bertz CT molecular complexity index is 1130. The molecule has 12 heteroatoms. The van der Waals surface area contributed by atoms with E-state index in [9.17, 15) is 27.2 Å². The molecule has 0 radical (unpaired) electrons. The average Bonchev–Trinajstić information content (AvgIpc) is 2.85. The minimum absolute atomic E-state index is 0.0388. The van der Waals surface area contributed by atoms with E-state index < -0.39 is 30.0 Å². The SMILES string of the molecule is CCCC1CC(NC(=O)C(C)(C)Oc2ccc(F)c(Cl)c2)CCN1c1ccc(C(=O)NCC(F)(F)F)cn1. The van der Waals surface area contributed by atoms with Gasteiger partial charge in [-0.05, 0) is 57.4 Å². The lowest BCUT2D eigenvalue weighted by atomic mass is 9.93. The molecule has 2 amide bonds. The molecule has 0 aliphatic carbocycles. The Hall–Kier alpha value is -3.08. The molecular formula is C26H31ClF4N4O3. The number of nitrogens with one attached hydrogen (secondary N) is 2. The number of carbonyl (C=O) groups is 2. The van der Waals surface area contributed by atoms with Gasteiger partial charge in [-0.15, -0.1) is 0 Å². The highest BCUT2D eigenvalue weighted by molar-refractivity contribution is 6.30. The van der Waals surface area contributed by atoms with Gasteiger partial charge in [-0.2, -0.15) is 13.2 Å². The Morgan fingerprint density at radius 3 is 2.55 bits per heavy atom. The summed E-state index contributed by atoms with van der Waals surface area (Å²) in [5.41, 5.74) is -1.19. The molecule has 3 rings (SSSR count). The second-order valence-corrected chi connectivity index (χ2v) is 10.1. The molecular weight excluding hydrogens is 528 g/mol. The van der Waals surface area contributed by atoms with Crippen molar-refractivity contribution in [1.82, 2.24) is 15.6 Å². The smallest absolute Gasteiger partial charge is 0.405 e. The monoisotopic (exact) mass is 558 g/mol. The zero-order chi connectivity index (χ0) is 28.1. The highest BCUT2D eigenvalue weighted by Gasteiger charge is 2.35. The Labute approximate surface area is 223 Å². The van der Waals surface area contributed by atoms with Crippen LogP contribution in [0.4, 0.5) is 23.4 Å². The Kier molecular flexibility index (Phi) is 9.45. The topological polar surface area (TPSA) is 83.6 Å². The van der Waals surface area contributed by atoms with Gasteiger partial charge in [0.15, 0.2) is 5.60 Å². The molecule has 1 aromatic heterocycles. The van der Waals surface area contributed by atoms with Crippen LogP contribution in [0.25, 0.3) is 0 Å². The van der Waals surface area contributed by atoms with Gasteiger partial charge in [0.05, 0.1) is 10.6 Å². The molecule has 2 atom stereocenters. The second-order valence-electron chi connectivity index (χ2n) is 9.72. The summed E-state index contributed by atoms with van der Waals surface area (Å²) in [5, 5.41) is 4.79. The van der Waals surface area contributed by atoms with Crippen LogP contribution in [0.2, 0.25) is 5.02 Å². The van der Waals surface area contributed by atoms with E-state index >= 15 is 0 Å². The van der Waals surface area contributed by atoms with Crippen LogP contribution in [0.5, 0.6) is 5.75 Å². The average molecular weight is 559 g/mol. The van der Waals surface area contributed by atoms with Crippen LogP contribution in [0.1, 0.15) is 56.8 Å². The van der Waals surface area contributed by atoms with E-state index in [4.69, 9.17) is 16.3 Å². The quantitative estimate of drug-likeness (QED) is 0.409. The molecule has 7 nitrogen and oxygen atoms in total. The third-order valence-corrected chi connectivity index (χ3v) is 6.53.